The highest BCUT2D eigenvalue weighted by molar-refractivity contribution is 9.10. The van der Waals surface area contributed by atoms with E-state index < -0.39 is 11.8 Å². The van der Waals surface area contributed by atoms with Gasteiger partial charge in [-0.1, -0.05) is 22.0 Å². The standard InChI is InChI=1S/C17H17BrN2O4S/c1-4-6-20-16(22)11(15(21)19-17(20)25)7-10-8-13(23-3)14(24-5-2)9-12(10)18/h4,7-9H,1,5-6H2,2-3H3,(H,19,21,25)/b11-7+. The summed E-state index contributed by atoms with van der Waals surface area (Å²) in [4.78, 5) is 26.0. The zero-order chi connectivity index (χ0) is 18.6. The monoisotopic (exact) mass is 424 g/mol. The average molecular weight is 425 g/mol. The number of methoxy groups -OCH3 is 1. The zero-order valence-electron chi connectivity index (χ0n) is 13.8. The van der Waals surface area contributed by atoms with E-state index in [1.165, 1.54) is 24.2 Å². The third-order valence-electron chi connectivity index (χ3n) is 3.38. The van der Waals surface area contributed by atoms with Gasteiger partial charge in [0, 0.05) is 11.0 Å². The summed E-state index contributed by atoms with van der Waals surface area (Å²) in [6.07, 6.45) is 3.02. The molecule has 1 saturated heterocycles. The minimum atomic E-state index is -0.546. The first kappa shape index (κ1) is 19.1. The minimum absolute atomic E-state index is 0.0256. The maximum Gasteiger partial charge on any atom is 0.265 e. The van der Waals surface area contributed by atoms with Crippen LogP contribution in [0.5, 0.6) is 11.5 Å². The second kappa shape index (κ2) is 8.26. The molecule has 8 heteroatoms. The van der Waals surface area contributed by atoms with Gasteiger partial charge in [0.1, 0.15) is 5.57 Å². The summed E-state index contributed by atoms with van der Waals surface area (Å²) in [6.45, 7) is 6.15. The zero-order valence-corrected chi connectivity index (χ0v) is 16.2. The molecule has 0 spiro atoms. The Morgan fingerprint density at radius 2 is 2.08 bits per heavy atom. The number of halogens is 1. The fourth-order valence-electron chi connectivity index (χ4n) is 2.23. The SMILES string of the molecule is C=CCN1C(=O)/C(=C/c2cc(OC)c(OCC)cc2Br)C(=O)NC1=S. The molecule has 132 valence electrons. The summed E-state index contributed by atoms with van der Waals surface area (Å²) in [5, 5.41) is 2.57. The summed E-state index contributed by atoms with van der Waals surface area (Å²) in [6, 6.07) is 3.42. The van der Waals surface area contributed by atoms with Gasteiger partial charge >= 0.3 is 0 Å². The van der Waals surface area contributed by atoms with Crippen molar-refractivity contribution in [1.29, 1.82) is 0 Å². The largest absolute Gasteiger partial charge is 0.493 e. The lowest BCUT2D eigenvalue weighted by molar-refractivity contribution is -0.128. The molecule has 1 aliphatic rings. The molecular weight excluding hydrogens is 408 g/mol. The highest BCUT2D eigenvalue weighted by Gasteiger charge is 2.32. The first-order valence-electron chi connectivity index (χ1n) is 7.43. The summed E-state index contributed by atoms with van der Waals surface area (Å²) in [7, 11) is 1.52. The van der Waals surface area contributed by atoms with Crippen molar-refractivity contribution in [2.75, 3.05) is 20.3 Å². The van der Waals surface area contributed by atoms with Crippen molar-refractivity contribution in [2.24, 2.45) is 0 Å². The third kappa shape index (κ3) is 4.08. The van der Waals surface area contributed by atoms with Gasteiger partial charge in [-0.2, -0.15) is 0 Å². The van der Waals surface area contributed by atoms with Crippen molar-refractivity contribution in [3.05, 3.63) is 40.4 Å². The molecular formula is C17H17BrN2O4S. The third-order valence-corrected chi connectivity index (χ3v) is 4.39. The van der Waals surface area contributed by atoms with E-state index in [4.69, 9.17) is 21.7 Å². The Labute approximate surface area is 159 Å². The van der Waals surface area contributed by atoms with E-state index in [2.05, 4.69) is 27.8 Å². The topological polar surface area (TPSA) is 67.9 Å². The molecule has 25 heavy (non-hydrogen) atoms. The van der Waals surface area contributed by atoms with Gasteiger partial charge in [-0.25, -0.2) is 0 Å². The lowest BCUT2D eigenvalue weighted by Crippen LogP contribution is -2.53. The van der Waals surface area contributed by atoms with Crippen LogP contribution in [0, 0.1) is 0 Å². The molecule has 0 aromatic heterocycles. The van der Waals surface area contributed by atoms with E-state index in [-0.39, 0.29) is 17.2 Å². The van der Waals surface area contributed by atoms with Crippen LogP contribution >= 0.6 is 28.1 Å². The molecule has 1 heterocycles. The van der Waals surface area contributed by atoms with Crippen LogP contribution < -0.4 is 14.8 Å². The molecule has 0 atom stereocenters. The summed E-state index contributed by atoms with van der Waals surface area (Å²) < 4.78 is 11.5. The van der Waals surface area contributed by atoms with Crippen LogP contribution in [0.15, 0.2) is 34.8 Å². The average Bonchev–Trinajstić information content (AvgIpc) is 2.57. The normalized spacial score (nSPS) is 16.0. The van der Waals surface area contributed by atoms with E-state index in [1.807, 2.05) is 6.92 Å². The molecule has 1 aromatic carbocycles. The van der Waals surface area contributed by atoms with Crippen molar-refractivity contribution in [3.63, 3.8) is 0 Å². The van der Waals surface area contributed by atoms with E-state index >= 15 is 0 Å². The van der Waals surface area contributed by atoms with Crippen molar-refractivity contribution in [2.45, 2.75) is 6.92 Å². The number of hydrogen-bond acceptors (Lipinski definition) is 5. The van der Waals surface area contributed by atoms with Crippen molar-refractivity contribution in [3.8, 4) is 11.5 Å². The number of ether oxygens (including phenoxy) is 2. The van der Waals surface area contributed by atoms with Crippen LogP contribution in [0.2, 0.25) is 0 Å². The molecule has 1 fully saturated rings. The van der Waals surface area contributed by atoms with Crippen molar-refractivity contribution < 1.29 is 19.1 Å². The fraction of sp³-hybridized carbons (Fsp3) is 0.235. The Kier molecular flexibility index (Phi) is 6.33. The smallest absolute Gasteiger partial charge is 0.265 e. The number of thiocarbonyl (C=S) groups is 1. The highest BCUT2D eigenvalue weighted by Crippen LogP contribution is 2.35. The Bertz CT molecular complexity index is 776. The lowest BCUT2D eigenvalue weighted by Gasteiger charge is -2.27. The maximum atomic E-state index is 12.6. The fourth-order valence-corrected chi connectivity index (χ4v) is 2.92. The van der Waals surface area contributed by atoms with Gasteiger partial charge in [-0.15, -0.1) is 6.58 Å². The quantitative estimate of drug-likeness (QED) is 0.329. The number of carbonyl (C=O) groups excluding carboxylic acids is 2. The van der Waals surface area contributed by atoms with Crippen LogP contribution in [0.3, 0.4) is 0 Å². The summed E-state index contributed by atoms with van der Waals surface area (Å²) >= 11 is 8.45. The Balaban J connectivity index is 2.47. The number of amides is 2. The van der Waals surface area contributed by atoms with Crippen LogP contribution in [-0.2, 0) is 9.59 Å². The van der Waals surface area contributed by atoms with Gasteiger partial charge in [0.2, 0.25) is 0 Å². The Hall–Kier alpha value is -2.19. The molecule has 6 nitrogen and oxygen atoms in total. The number of carbonyl (C=O) groups is 2. The Morgan fingerprint density at radius 1 is 1.36 bits per heavy atom. The molecule has 2 amide bonds. The molecule has 1 aliphatic heterocycles. The predicted octanol–water partition coefficient (Wildman–Crippen LogP) is 2.67. The lowest BCUT2D eigenvalue weighted by atomic mass is 10.1. The van der Waals surface area contributed by atoms with E-state index in [0.717, 1.165) is 0 Å². The van der Waals surface area contributed by atoms with Gasteiger partial charge in [0.15, 0.2) is 16.6 Å². The molecule has 0 unspecified atom stereocenters. The van der Waals surface area contributed by atoms with Crippen LogP contribution in [0.25, 0.3) is 6.08 Å². The minimum Gasteiger partial charge on any atom is -0.493 e. The molecule has 1 N–H and O–H groups in total. The second-order valence-corrected chi connectivity index (χ2v) is 6.22. The number of nitrogens with zero attached hydrogens (tertiary/aromatic N) is 1. The van der Waals surface area contributed by atoms with Crippen LogP contribution in [0.4, 0.5) is 0 Å². The van der Waals surface area contributed by atoms with Gasteiger partial charge in [0.05, 0.1) is 13.7 Å². The van der Waals surface area contributed by atoms with E-state index in [9.17, 15) is 9.59 Å². The Morgan fingerprint density at radius 3 is 2.68 bits per heavy atom. The van der Waals surface area contributed by atoms with Crippen LogP contribution in [0.1, 0.15) is 12.5 Å². The van der Waals surface area contributed by atoms with Gasteiger partial charge in [-0.3, -0.25) is 19.8 Å². The molecule has 2 rings (SSSR count). The number of nitrogens with one attached hydrogen (secondary N) is 1. The van der Waals surface area contributed by atoms with Crippen molar-refractivity contribution >= 4 is 51.2 Å². The molecule has 0 aliphatic carbocycles. The first-order chi connectivity index (χ1) is 11.9. The number of hydrogen-bond donors (Lipinski definition) is 1. The van der Waals surface area contributed by atoms with Gasteiger partial charge < -0.3 is 9.47 Å². The molecule has 0 saturated carbocycles. The summed E-state index contributed by atoms with van der Waals surface area (Å²) in [5.41, 5.74) is 0.576. The first-order valence-corrected chi connectivity index (χ1v) is 8.63. The number of benzene rings is 1. The second-order valence-electron chi connectivity index (χ2n) is 4.98. The maximum absolute atomic E-state index is 12.6. The molecule has 0 radical (unpaired) electrons. The van der Waals surface area contributed by atoms with Crippen molar-refractivity contribution in [1.82, 2.24) is 10.2 Å². The summed E-state index contributed by atoms with van der Waals surface area (Å²) in [5.74, 6) is 0.0374. The van der Waals surface area contributed by atoms with E-state index in [0.29, 0.717) is 28.1 Å². The highest BCUT2D eigenvalue weighted by atomic mass is 79.9. The predicted molar refractivity (Wildman–Crippen MR) is 102 cm³/mol. The van der Waals surface area contributed by atoms with E-state index in [1.54, 1.807) is 12.1 Å². The molecule has 0 bridgehead atoms. The number of rotatable bonds is 6. The van der Waals surface area contributed by atoms with Gasteiger partial charge in [-0.05, 0) is 42.9 Å². The van der Waals surface area contributed by atoms with Gasteiger partial charge in [0.25, 0.3) is 11.8 Å². The molecule has 1 aromatic rings. The van der Waals surface area contributed by atoms with Crippen LogP contribution in [-0.4, -0.2) is 42.1 Å².